The molecule has 184 valence electrons. The average Bonchev–Trinajstić information content (AvgIpc) is 2.86. The molecule has 0 saturated heterocycles. The summed E-state index contributed by atoms with van der Waals surface area (Å²) >= 11 is 0. The van der Waals surface area contributed by atoms with Gasteiger partial charge in [-0.25, -0.2) is 8.42 Å². The van der Waals surface area contributed by atoms with E-state index in [-0.39, 0.29) is 24.6 Å². The molecule has 3 aromatic carbocycles. The van der Waals surface area contributed by atoms with Crippen LogP contribution in [0.25, 0.3) is 0 Å². The maximum absolute atomic E-state index is 13.6. The molecule has 1 amide bonds. The minimum Gasteiger partial charge on any atom is -0.497 e. The quantitative estimate of drug-likeness (QED) is 0.480. The number of sulfonamides is 1. The smallest absolute Gasteiger partial charge is 0.264 e. The molecule has 1 N–H and O–H groups in total. The molecule has 4 rings (SSSR count). The molecule has 35 heavy (non-hydrogen) atoms. The summed E-state index contributed by atoms with van der Waals surface area (Å²) in [6, 6.07) is 19.0. The Morgan fingerprint density at radius 2 is 1.77 bits per heavy atom. The molecule has 1 aliphatic heterocycles. The fourth-order valence-corrected chi connectivity index (χ4v) is 5.23. The van der Waals surface area contributed by atoms with Crippen molar-refractivity contribution in [2.45, 2.75) is 24.8 Å². The number of nitrogens with zero attached hydrogens (tertiary/aromatic N) is 1. The minimum atomic E-state index is -3.96. The van der Waals surface area contributed by atoms with Gasteiger partial charge in [0.1, 0.15) is 23.9 Å². The Morgan fingerprint density at radius 1 is 1.03 bits per heavy atom. The van der Waals surface area contributed by atoms with Gasteiger partial charge in [-0.2, -0.15) is 0 Å². The highest BCUT2D eigenvalue weighted by Crippen LogP contribution is 2.38. The van der Waals surface area contributed by atoms with Crippen LogP contribution in [-0.2, 0) is 14.8 Å². The third-order valence-electron chi connectivity index (χ3n) is 5.58. The van der Waals surface area contributed by atoms with Gasteiger partial charge in [-0.1, -0.05) is 18.2 Å². The number of nitrogens with one attached hydrogen (secondary N) is 1. The van der Waals surface area contributed by atoms with Crippen LogP contribution in [0.3, 0.4) is 0 Å². The molecule has 0 aromatic heterocycles. The van der Waals surface area contributed by atoms with Crippen molar-refractivity contribution in [1.82, 2.24) is 5.32 Å². The van der Waals surface area contributed by atoms with E-state index < -0.39 is 22.0 Å². The summed E-state index contributed by atoms with van der Waals surface area (Å²) in [5, 5.41) is 2.78. The molecule has 0 aliphatic carbocycles. The molecule has 0 fully saturated rings. The van der Waals surface area contributed by atoms with E-state index in [0.717, 1.165) is 11.1 Å². The number of carbonyl (C=O) groups is 1. The highest BCUT2D eigenvalue weighted by molar-refractivity contribution is 7.92. The Balaban J connectivity index is 1.49. The molecule has 1 atom stereocenters. The van der Waals surface area contributed by atoms with Gasteiger partial charge in [0.2, 0.25) is 0 Å². The second-order valence-electron chi connectivity index (χ2n) is 8.25. The van der Waals surface area contributed by atoms with E-state index in [4.69, 9.17) is 14.2 Å². The molecule has 0 radical (unpaired) electrons. The van der Waals surface area contributed by atoms with Crippen molar-refractivity contribution in [1.29, 1.82) is 0 Å². The van der Waals surface area contributed by atoms with E-state index in [1.54, 1.807) is 24.3 Å². The summed E-state index contributed by atoms with van der Waals surface area (Å²) < 4.78 is 45.0. The number of rotatable bonds is 8. The molecule has 0 unspecified atom stereocenters. The average molecular weight is 497 g/mol. The normalized spacial score (nSPS) is 15.1. The standard InChI is InChI=1S/C26H28N2O6S/c1-18-5-4-6-21(15-18)33-14-13-27-26(29)25-17-28(23-16-19(2)7-12-24(23)34-25)35(30,31)22-10-8-20(32-3)9-11-22/h4-12,15-16,25H,13-14,17H2,1-3H3,(H,27,29)/t25-/m1/s1. The van der Waals surface area contributed by atoms with Crippen molar-refractivity contribution in [3.05, 3.63) is 77.9 Å². The van der Waals surface area contributed by atoms with Crippen molar-refractivity contribution in [2.24, 2.45) is 0 Å². The van der Waals surface area contributed by atoms with Gasteiger partial charge in [0.25, 0.3) is 15.9 Å². The van der Waals surface area contributed by atoms with E-state index in [2.05, 4.69) is 5.32 Å². The van der Waals surface area contributed by atoms with Gasteiger partial charge in [-0.05, 0) is 73.5 Å². The number of benzene rings is 3. The van der Waals surface area contributed by atoms with Gasteiger partial charge in [0.05, 0.1) is 30.8 Å². The first kappa shape index (κ1) is 24.4. The molecule has 8 nitrogen and oxygen atoms in total. The zero-order valence-corrected chi connectivity index (χ0v) is 20.7. The summed E-state index contributed by atoms with van der Waals surface area (Å²) in [6.07, 6.45) is -1.02. The van der Waals surface area contributed by atoms with E-state index in [1.165, 1.54) is 23.5 Å². The molecule has 0 spiro atoms. The van der Waals surface area contributed by atoms with Crippen molar-refractivity contribution in [3.63, 3.8) is 0 Å². The topological polar surface area (TPSA) is 94.2 Å². The molecule has 0 saturated carbocycles. The van der Waals surface area contributed by atoms with Crippen LogP contribution in [0.5, 0.6) is 17.2 Å². The summed E-state index contributed by atoms with van der Waals surface area (Å²) in [4.78, 5) is 13.0. The lowest BCUT2D eigenvalue weighted by atomic mass is 10.1. The fourth-order valence-electron chi connectivity index (χ4n) is 3.76. The van der Waals surface area contributed by atoms with Gasteiger partial charge in [-0.3, -0.25) is 9.10 Å². The predicted molar refractivity (Wildman–Crippen MR) is 133 cm³/mol. The molecule has 9 heteroatoms. The first-order valence-electron chi connectivity index (χ1n) is 11.2. The lowest BCUT2D eigenvalue weighted by Crippen LogP contribution is -2.51. The van der Waals surface area contributed by atoms with Crippen LogP contribution >= 0.6 is 0 Å². The first-order chi connectivity index (χ1) is 16.8. The van der Waals surface area contributed by atoms with Crippen LogP contribution in [0.2, 0.25) is 0 Å². The predicted octanol–water partition coefficient (Wildman–Crippen LogP) is 3.46. The summed E-state index contributed by atoms with van der Waals surface area (Å²) in [7, 11) is -2.44. The van der Waals surface area contributed by atoms with Crippen LogP contribution in [-0.4, -0.2) is 47.2 Å². The van der Waals surface area contributed by atoms with E-state index in [9.17, 15) is 13.2 Å². The Morgan fingerprint density at radius 3 is 2.49 bits per heavy atom. The van der Waals surface area contributed by atoms with Crippen molar-refractivity contribution in [3.8, 4) is 17.2 Å². The van der Waals surface area contributed by atoms with Crippen molar-refractivity contribution in [2.75, 3.05) is 31.1 Å². The van der Waals surface area contributed by atoms with Crippen LogP contribution < -0.4 is 23.8 Å². The van der Waals surface area contributed by atoms with Crippen LogP contribution in [0, 0.1) is 13.8 Å². The third-order valence-corrected chi connectivity index (χ3v) is 7.38. The number of ether oxygens (including phenoxy) is 3. The fraction of sp³-hybridized carbons (Fsp3) is 0.269. The molecule has 1 heterocycles. The Bertz CT molecular complexity index is 1310. The van der Waals surface area contributed by atoms with E-state index in [0.29, 0.717) is 22.9 Å². The van der Waals surface area contributed by atoms with E-state index in [1.807, 2.05) is 44.2 Å². The number of carbonyl (C=O) groups excluding carboxylic acids is 1. The number of fused-ring (bicyclic) bond motifs is 1. The lowest BCUT2D eigenvalue weighted by molar-refractivity contribution is -0.127. The van der Waals surface area contributed by atoms with Crippen LogP contribution in [0.15, 0.2) is 71.6 Å². The molecule has 0 bridgehead atoms. The Labute approximate surface area is 205 Å². The van der Waals surface area contributed by atoms with Gasteiger partial charge < -0.3 is 19.5 Å². The van der Waals surface area contributed by atoms with Gasteiger partial charge in [-0.15, -0.1) is 0 Å². The minimum absolute atomic E-state index is 0.0957. The monoisotopic (exact) mass is 496 g/mol. The molecular formula is C26H28N2O6S. The zero-order valence-electron chi connectivity index (χ0n) is 19.9. The van der Waals surface area contributed by atoms with Crippen LogP contribution in [0.4, 0.5) is 5.69 Å². The summed E-state index contributed by atoms with van der Waals surface area (Å²) in [6.45, 7) is 4.20. The SMILES string of the molecule is COc1ccc(S(=O)(=O)N2C[C@H](C(=O)NCCOc3cccc(C)c3)Oc3ccc(C)cc32)cc1. The first-order valence-corrected chi connectivity index (χ1v) is 12.6. The number of hydrogen-bond donors (Lipinski definition) is 1. The van der Waals surface area contributed by atoms with Crippen molar-refractivity contribution < 1.29 is 27.4 Å². The summed E-state index contributed by atoms with van der Waals surface area (Å²) in [5.74, 6) is 1.18. The lowest BCUT2D eigenvalue weighted by Gasteiger charge is -2.35. The number of amides is 1. The number of hydrogen-bond acceptors (Lipinski definition) is 6. The van der Waals surface area contributed by atoms with E-state index >= 15 is 0 Å². The second kappa shape index (κ2) is 10.3. The molecule has 1 aliphatic rings. The maximum Gasteiger partial charge on any atom is 0.264 e. The highest BCUT2D eigenvalue weighted by atomic mass is 32.2. The summed E-state index contributed by atoms with van der Waals surface area (Å²) in [5.41, 5.74) is 2.35. The molecule has 3 aromatic rings. The molecular weight excluding hydrogens is 468 g/mol. The zero-order chi connectivity index (χ0) is 25.0. The van der Waals surface area contributed by atoms with Gasteiger partial charge in [0, 0.05) is 0 Å². The number of anilines is 1. The van der Waals surface area contributed by atoms with Crippen LogP contribution in [0.1, 0.15) is 11.1 Å². The largest absolute Gasteiger partial charge is 0.497 e. The highest BCUT2D eigenvalue weighted by Gasteiger charge is 2.37. The van der Waals surface area contributed by atoms with Crippen molar-refractivity contribution >= 4 is 21.6 Å². The third kappa shape index (κ3) is 5.51. The maximum atomic E-state index is 13.6. The number of methoxy groups -OCH3 is 1. The van der Waals surface area contributed by atoms with Gasteiger partial charge in [0.15, 0.2) is 6.10 Å². The Kier molecular flexibility index (Phi) is 7.16. The van der Waals surface area contributed by atoms with Gasteiger partial charge >= 0.3 is 0 Å². The Hall–Kier alpha value is -3.72. The number of aryl methyl sites for hydroxylation is 2. The second-order valence-corrected chi connectivity index (χ2v) is 10.1.